The van der Waals surface area contributed by atoms with E-state index in [-0.39, 0.29) is 0 Å². The molecule has 0 aliphatic carbocycles. The van der Waals surface area contributed by atoms with Crippen molar-refractivity contribution in [1.82, 2.24) is 4.98 Å². The van der Waals surface area contributed by atoms with Gasteiger partial charge in [0.05, 0.1) is 25.6 Å². The molecule has 4 aromatic carbocycles. The number of anilines is 1. The molecule has 0 amide bonds. The van der Waals surface area contributed by atoms with Crippen molar-refractivity contribution in [1.29, 1.82) is 0 Å². The molecule has 4 heteroatoms. The van der Waals surface area contributed by atoms with Gasteiger partial charge in [0.2, 0.25) is 0 Å². The molecule has 41 heavy (non-hydrogen) atoms. The van der Waals surface area contributed by atoms with Crippen LogP contribution in [0.4, 0.5) is 5.69 Å². The third-order valence-electron chi connectivity index (χ3n) is 7.31. The zero-order valence-corrected chi connectivity index (χ0v) is 24.4. The molecular weight excluding hydrogens is 504 g/mol. The molecule has 0 saturated heterocycles. The molecule has 5 aromatic rings. The van der Waals surface area contributed by atoms with Gasteiger partial charge in [0.25, 0.3) is 0 Å². The van der Waals surface area contributed by atoms with Crippen LogP contribution in [0.15, 0.2) is 109 Å². The Kier molecular flexibility index (Phi) is 9.00. The predicted molar refractivity (Wildman–Crippen MR) is 172 cm³/mol. The highest BCUT2D eigenvalue weighted by Gasteiger charge is 2.16. The molecule has 208 valence electrons. The molecule has 0 N–H and O–H groups in total. The van der Waals surface area contributed by atoms with Gasteiger partial charge in [-0.05, 0) is 83.6 Å². The quantitative estimate of drug-likeness (QED) is 0.166. The average Bonchev–Trinajstić information content (AvgIpc) is 3.04. The maximum Gasteiger partial charge on any atom is 0.119 e. The molecule has 0 radical (unpaired) electrons. The van der Waals surface area contributed by atoms with E-state index in [0.29, 0.717) is 0 Å². The Bertz CT molecular complexity index is 1520. The minimum atomic E-state index is 0.805. The van der Waals surface area contributed by atoms with Gasteiger partial charge >= 0.3 is 0 Å². The number of rotatable bonds is 11. The molecule has 0 unspecified atom stereocenters. The molecule has 0 bridgehead atoms. The van der Waals surface area contributed by atoms with Crippen LogP contribution in [-0.4, -0.2) is 32.3 Å². The smallest absolute Gasteiger partial charge is 0.119 e. The Hall–Kier alpha value is -4.57. The number of nitrogens with zero attached hydrogens (tertiary/aromatic N) is 2. The molecule has 0 atom stereocenters. The Labute approximate surface area is 244 Å². The van der Waals surface area contributed by atoms with Gasteiger partial charge in [0.15, 0.2) is 0 Å². The number of hydrogen-bond donors (Lipinski definition) is 0. The average molecular weight is 543 g/mol. The summed E-state index contributed by atoms with van der Waals surface area (Å²) in [5.41, 5.74) is 9.72. The molecule has 0 fully saturated rings. The van der Waals surface area contributed by atoms with Gasteiger partial charge in [-0.3, -0.25) is 0 Å². The van der Waals surface area contributed by atoms with Gasteiger partial charge < -0.3 is 14.4 Å². The summed E-state index contributed by atoms with van der Waals surface area (Å²) in [6, 6.07) is 38.1. The van der Waals surface area contributed by atoms with Gasteiger partial charge in [-0.1, -0.05) is 74.5 Å². The van der Waals surface area contributed by atoms with Gasteiger partial charge in [0.1, 0.15) is 11.5 Å². The summed E-state index contributed by atoms with van der Waals surface area (Å²) in [6.45, 7) is 6.54. The molecule has 0 aliphatic heterocycles. The first kappa shape index (κ1) is 28.0. The zero-order chi connectivity index (χ0) is 28.6. The lowest BCUT2D eigenvalue weighted by Gasteiger charge is -2.25. The van der Waals surface area contributed by atoms with E-state index in [4.69, 9.17) is 14.5 Å². The monoisotopic (exact) mass is 542 g/mol. The molecule has 1 aromatic heterocycles. The van der Waals surface area contributed by atoms with E-state index in [1.807, 2.05) is 36.4 Å². The van der Waals surface area contributed by atoms with Crippen LogP contribution in [0.5, 0.6) is 11.5 Å². The second kappa shape index (κ2) is 13.2. The summed E-state index contributed by atoms with van der Waals surface area (Å²) in [7, 11) is 3.39. The van der Waals surface area contributed by atoms with Gasteiger partial charge in [-0.2, -0.15) is 0 Å². The van der Waals surface area contributed by atoms with E-state index in [1.54, 1.807) is 14.2 Å². The third kappa shape index (κ3) is 6.44. The van der Waals surface area contributed by atoms with Crippen LogP contribution >= 0.6 is 0 Å². The van der Waals surface area contributed by atoms with Crippen LogP contribution in [0.25, 0.3) is 44.8 Å². The predicted octanol–water partition coefficient (Wildman–Crippen LogP) is 9.39. The van der Waals surface area contributed by atoms with Crippen molar-refractivity contribution < 1.29 is 9.47 Å². The Morgan fingerprint density at radius 1 is 0.537 bits per heavy atom. The lowest BCUT2D eigenvalue weighted by molar-refractivity contribution is 0.415. The van der Waals surface area contributed by atoms with E-state index in [0.717, 1.165) is 65.5 Å². The number of hydrogen-bond acceptors (Lipinski definition) is 4. The summed E-state index contributed by atoms with van der Waals surface area (Å²) >= 11 is 0. The van der Waals surface area contributed by atoms with Crippen molar-refractivity contribution in [2.45, 2.75) is 26.7 Å². The minimum Gasteiger partial charge on any atom is -0.497 e. The summed E-state index contributed by atoms with van der Waals surface area (Å²) in [5.74, 6) is 1.61. The van der Waals surface area contributed by atoms with Crippen molar-refractivity contribution in [2.24, 2.45) is 0 Å². The highest BCUT2D eigenvalue weighted by atomic mass is 16.5. The summed E-state index contributed by atoms with van der Waals surface area (Å²) in [5, 5.41) is 0. The summed E-state index contributed by atoms with van der Waals surface area (Å²) in [4.78, 5) is 7.64. The third-order valence-corrected chi connectivity index (χ3v) is 7.31. The lowest BCUT2D eigenvalue weighted by atomic mass is 9.92. The van der Waals surface area contributed by atoms with Crippen LogP contribution in [0, 0.1) is 0 Å². The van der Waals surface area contributed by atoms with Crippen LogP contribution in [0.3, 0.4) is 0 Å². The number of methoxy groups -OCH3 is 2. The Morgan fingerprint density at radius 3 is 1.63 bits per heavy atom. The first-order valence-electron chi connectivity index (χ1n) is 14.4. The number of ether oxygens (including phenoxy) is 2. The SMILES string of the molecule is CCCN(CCC)c1ccc(-c2ccccc2)c(-c2cc(-c3cccc(OC)c3)nc(-c3cccc(OC)c3)c2)c1. The Morgan fingerprint density at radius 2 is 1.10 bits per heavy atom. The number of benzene rings is 4. The first-order chi connectivity index (χ1) is 20.1. The largest absolute Gasteiger partial charge is 0.497 e. The highest BCUT2D eigenvalue weighted by molar-refractivity contribution is 5.89. The van der Waals surface area contributed by atoms with Crippen LogP contribution in [0.2, 0.25) is 0 Å². The molecule has 4 nitrogen and oxygen atoms in total. The fourth-order valence-corrected chi connectivity index (χ4v) is 5.29. The van der Waals surface area contributed by atoms with E-state index >= 15 is 0 Å². The Balaban J connectivity index is 1.76. The highest BCUT2D eigenvalue weighted by Crippen LogP contribution is 2.39. The van der Waals surface area contributed by atoms with Crippen molar-refractivity contribution in [3.8, 4) is 56.3 Å². The lowest BCUT2D eigenvalue weighted by Crippen LogP contribution is -2.24. The van der Waals surface area contributed by atoms with E-state index in [1.165, 1.54) is 22.4 Å². The maximum atomic E-state index is 5.55. The second-order valence-electron chi connectivity index (χ2n) is 10.2. The molecule has 0 aliphatic rings. The molecule has 1 heterocycles. The molecule has 0 spiro atoms. The fourth-order valence-electron chi connectivity index (χ4n) is 5.29. The standard InChI is InChI=1S/C37H38N2O2/c1-5-20-39(21-6-2)31-18-19-34(27-12-8-7-9-13-27)35(26-31)30-24-36(28-14-10-16-32(22-28)40-3)38-37(25-30)29-15-11-17-33(23-29)41-4/h7-19,22-26H,5-6,20-21H2,1-4H3. The molecular formula is C37H38N2O2. The summed E-state index contributed by atoms with van der Waals surface area (Å²) < 4.78 is 11.1. The fraction of sp³-hybridized carbons (Fsp3) is 0.216. The molecule has 5 rings (SSSR count). The van der Waals surface area contributed by atoms with Crippen LogP contribution in [0.1, 0.15) is 26.7 Å². The normalized spacial score (nSPS) is 10.8. The van der Waals surface area contributed by atoms with Crippen LogP contribution < -0.4 is 14.4 Å². The van der Waals surface area contributed by atoms with Crippen molar-refractivity contribution >= 4 is 5.69 Å². The second-order valence-corrected chi connectivity index (χ2v) is 10.2. The van der Waals surface area contributed by atoms with Crippen molar-refractivity contribution in [2.75, 3.05) is 32.2 Å². The van der Waals surface area contributed by atoms with Gasteiger partial charge in [0, 0.05) is 29.9 Å². The molecule has 0 saturated carbocycles. The minimum absolute atomic E-state index is 0.805. The van der Waals surface area contributed by atoms with Crippen molar-refractivity contribution in [3.63, 3.8) is 0 Å². The van der Waals surface area contributed by atoms with Gasteiger partial charge in [-0.25, -0.2) is 4.98 Å². The van der Waals surface area contributed by atoms with Crippen molar-refractivity contribution in [3.05, 3.63) is 109 Å². The van der Waals surface area contributed by atoms with Crippen LogP contribution in [-0.2, 0) is 0 Å². The van der Waals surface area contributed by atoms with E-state index in [9.17, 15) is 0 Å². The van der Waals surface area contributed by atoms with Gasteiger partial charge in [-0.15, -0.1) is 0 Å². The van der Waals surface area contributed by atoms with E-state index in [2.05, 4.69) is 91.5 Å². The summed E-state index contributed by atoms with van der Waals surface area (Å²) in [6.07, 6.45) is 2.20. The van der Waals surface area contributed by atoms with E-state index < -0.39 is 0 Å². The zero-order valence-electron chi connectivity index (χ0n) is 24.4. The first-order valence-corrected chi connectivity index (χ1v) is 14.4. The number of pyridine rings is 1. The maximum absolute atomic E-state index is 5.55. The number of aromatic nitrogens is 1. The topological polar surface area (TPSA) is 34.6 Å².